The number of pyridine rings is 1. The van der Waals surface area contributed by atoms with Crippen LogP contribution >= 0.6 is 0 Å². The molecule has 16 nitrogen and oxygen atoms in total. The van der Waals surface area contributed by atoms with Crippen molar-refractivity contribution in [3.05, 3.63) is 101 Å². The Labute approximate surface area is 321 Å². The summed E-state index contributed by atoms with van der Waals surface area (Å²) < 4.78 is 2.06. The summed E-state index contributed by atoms with van der Waals surface area (Å²) in [6.07, 6.45) is 5.11. The first kappa shape index (κ1) is 35.0. The predicted molar refractivity (Wildman–Crippen MR) is 205 cm³/mol. The molecule has 3 aliphatic heterocycles. The summed E-state index contributed by atoms with van der Waals surface area (Å²) in [4.78, 5) is 86.6. The number of carbonyl (C=O) groups excluding carboxylic acids is 5. The molecule has 5 aromatic rings. The van der Waals surface area contributed by atoms with E-state index in [1.165, 1.54) is 0 Å². The molecule has 284 valence electrons. The Morgan fingerprint density at radius 1 is 0.857 bits per heavy atom. The number of piperidine rings is 1. The number of nitrogens with one attached hydrogen (secondary N) is 3. The zero-order valence-electron chi connectivity index (χ0n) is 30.6. The molecule has 3 N–H and O–H groups in total. The maximum absolute atomic E-state index is 13.3. The molecule has 3 fully saturated rings. The van der Waals surface area contributed by atoms with Crippen molar-refractivity contribution >= 4 is 57.9 Å². The average Bonchev–Trinajstić information content (AvgIpc) is 3.73. The van der Waals surface area contributed by atoms with Crippen LogP contribution in [0.1, 0.15) is 74.2 Å². The Balaban J connectivity index is 0.776. The number of rotatable bonds is 9. The molecule has 4 aliphatic rings. The lowest BCUT2D eigenvalue weighted by Gasteiger charge is -2.37. The van der Waals surface area contributed by atoms with Crippen LogP contribution in [0.15, 0.2) is 73.3 Å². The van der Waals surface area contributed by atoms with E-state index in [4.69, 9.17) is 0 Å². The van der Waals surface area contributed by atoms with Crippen LogP contribution in [0.3, 0.4) is 0 Å². The molecule has 0 unspecified atom stereocenters. The van der Waals surface area contributed by atoms with Crippen LogP contribution < -0.4 is 25.8 Å². The second-order valence-electron chi connectivity index (χ2n) is 14.7. The Morgan fingerprint density at radius 3 is 2.34 bits per heavy atom. The van der Waals surface area contributed by atoms with Gasteiger partial charge in [-0.2, -0.15) is 0 Å². The monoisotopic (exact) mass is 753 g/mol. The van der Waals surface area contributed by atoms with Gasteiger partial charge >= 0.3 is 0 Å². The molecule has 1 aliphatic carbocycles. The summed E-state index contributed by atoms with van der Waals surface area (Å²) in [6, 6.07) is 18.3. The second kappa shape index (κ2) is 14.2. The van der Waals surface area contributed by atoms with Gasteiger partial charge in [0.15, 0.2) is 11.5 Å². The van der Waals surface area contributed by atoms with Crippen molar-refractivity contribution in [3.63, 3.8) is 0 Å². The predicted octanol–water partition coefficient (Wildman–Crippen LogP) is 3.00. The van der Waals surface area contributed by atoms with Crippen molar-refractivity contribution in [1.82, 2.24) is 40.0 Å². The number of fused-ring (bicyclic) bond motifs is 2. The summed E-state index contributed by atoms with van der Waals surface area (Å²) in [5.41, 5.74) is 6.28. The first-order valence-corrected chi connectivity index (χ1v) is 18.8. The fraction of sp³-hybridized carbons (Fsp3) is 0.325. The fourth-order valence-corrected chi connectivity index (χ4v) is 8.00. The first-order valence-electron chi connectivity index (χ1n) is 18.8. The van der Waals surface area contributed by atoms with Crippen LogP contribution in [0.2, 0.25) is 0 Å². The van der Waals surface area contributed by atoms with Crippen molar-refractivity contribution in [2.24, 2.45) is 0 Å². The molecule has 0 spiro atoms. The van der Waals surface area contributed by atoms with Gasteiger partial charge in [0.1, 0.15) is 23.6 Å². The van der Waals surface area contributed by atoms with Crippen molar-refractivity contribution in [2.75, 3.05) is 41.3 Å². The Hall–Kier alpha value is -6.71. The van der Waals surface area contributed by atoms with Gasteiger partial charge < -0.3 is 25.0 Å². The molecule has 6 heterocycles. The summed E-state index contributed by atoms with van der Waals surface area (Å²) in [5, 5.41) is 8.75. The number of nitrogens with zero attached hydrogens (tertiary/aromatic N) is 8. The third-order valence-electron chi connectivity index (χ3n) is 11.2. The number of piperazine rings is 1. The average molecular weight is 754 g/mol. The highest BCUT2D eigenvalue weighted by atomic mass is 16.2. The lowest BCUT2D eigenvalue weighted by molar-refractivity contribution is -0.136. The Kier molecular flexibility index (Phi) is 8.86. The van der Waals surface area contributed by atoms with E-state index >= 15 is 0 Å². The summed E-state index contributed by atoms with van der Waals surface area (Å²) in [6.45, 7) is 5.40. The molecular formula is C40H39N11O5. The minimum atomic E-state index is -0.986. The van der Waals surface area contributed by atoms with E-state index in [0.717, 1.165) is 72.2 Å². The van der Waals surface area contributed by atoms with Gasteiger partial charge in [-0.05, 0) is 74.2 Å². The number of imidazole rings is 1. The minimum Gasteiger partial charge on any atom is -0.368 e. The van der Waals surface area contributed by atoms with Crippen molar-refractivity contribution < 1.29 is 24.0 Å². The molecule has 9 rings (SSSR count). The fourth-order valence-electron chi connectivity index (χ4n) is 8.00. The number of benzene rings is 2. The van der Waals surface area contributed by atoms with Crippen molar-refractivity contribution in [1.29, 1.82) is 0 Å². The first-order chi connectivity index (χ1) is 27.2. The second-order valence-corrected chi connectivity index (χ2v) is 14.7. The van der Waals surface area contributed by atoms with Gasteiger partial charge in [-0.15, -0.1) is 0 Å². The molecule has 0 radical (unpaired) electrons. The van der Waals surface area contributed by atoms with Crippen molar-refractivity contribution in [3.8, 4) is 0 Å². The van der Waals surface area contributed by atoms with E-state index in [2.05, 4.69) is 74.5 Å². The van der Waals surface area contributed by atoms with Gasteiger partial charge in [-0.1, -0.05) is 18.2 Å². The quantitative estimate of drug-likeness (QED) is 0.187. The number of aryl methyl sites for hydroxylation is 1. The standard InChI is InChI=1S/C40H39N11O5/c1-23-3-2-4-31(45-23)37(53)46-25-17-28(18-25)50-22-44-34-35(42-21-43-36(34)50)41-20-24-5-7-26(8-6-24)48-13-15-49(16-14-48)27-9-10-29-30(19-27)40(56)51(39(29)55)32-11-12-33(52)47-38(32)54/h2-10,19,21-22,25,28,32H,11-18,20H2,1H3,(H,46,53)(H,41,42,43)(H,47,52,54)/t25?,28?,32-/m0/s1. The van der Waals surface area contributed by atoms with Crippen LogP contribution in [-0.4, -0.2) is 97.2 Å². The van der Waals surface area contributed by atoms with Crippen molar-refractivity contribution in [2.45, 2.75) is 57.3 Å². The summed E-state index contributed by atoms with van der Waals surface area (Å²) in [7, 11) is 0. The molecular weight excluding hydrogens is 715 g/mol. The minimum absolute atomic E-state index is 0.0601. The van der Waals surface area contributed by atoms with Crippen LogP contribution in [0.5, 0.6) is 0 Å². The number of carbonyl (C=O) groups is 5. The summed E-state index contributed by atoms with van der Waals surface area (Å²) >= 11 is 0. The Bertz CT molecular complexity index is 2400. The van der Waals surface area contributed by atoms with Gasteiger partial charge in [0.2, 0.25) is 11.8 Å². The topological polar surface area (TPSA) is 188 Å². The molecule has 0 bridgehead atoms. The molecule has 16 heteroatoms. The van der Waals surface area contributed by atoms with Gasteiger partial charge in [0.25, 0.3) is 17.7 Å². The Morgan fingerprint density at radius 2 is 1.59 bits per heavy atom. The van der Waals surface area contributed by atoms with E-state index in [1.54, 1.807) is 30.9 Å². The lowest BCUT2D eigenvalue weighted by atomic mass is 9.86. The normalized spacial score (nSPS) is 20.9. The van der Waals surface area contributed by atoms with Crippen LogP contribution in [-0.2, 0) is 16.1 Å². The molecule has 1 atom stereocenters. The van der Waals surface area contributed by atoms with Gasteiger partial charge in [0, 0.05) is 68.3 Å². The largest absolute Gasteiger partial charge is 0.368 e. The number of imide groups is 2. The molecule has 2 saturated heterocycles. The highest BCUT2D eigenvalue weighted by Crippen LogP contribution is 2.35. The van der Waals surface area contributed by atoms with E-state index < -0.39 is 29.7 Å². The number of anilines is 3. The number of hydrogen-bond donors (Lipinski definition) is 3. The molecule has 1 saturated carbocycles. The maximum atomic E-state index is 13.3. The highest BCUT2D eigenvalue weighted by molar-refractivity contribution is 6.23. The zero-order chi connectivity index (χ0) is 38.5. The number of amides is 5. The van der Waals surface area contributed by atoms with E-state index in [1.807, 2.05) is 25.1 Å². The van der Waals surface area contributed by atoms with Gasteiger partial charge in [-0.3, -0.25) is 34.2 Å². The van der Waals surface area contributed by atoms with Crippen LogP contribution in [0, 0.1) is 6.92 Å². The highest BCUT2D eigenvalue weighted by Gasteiger charge is 2.45. The number of aromatic nitrogens is 5. The zero-order valence-corrected chi connectivity index (χ0v) is 30.6. The maximum Gasteiger partial charge on any atom is 0.270 e. The molecule has 3 aromatic heterocycles. The van der Waals surface area contributed by atoms with E-state index in [9.17, 15) is 24.0 Å². The number of hydrogen-bond acceptors (Lipinski definition) is 12. The molecule has 56 heavy (non-hydrogen) atoms. The molecule has 5 amide bonds. The van der Waals surface area contributed by atoms with Gasteiger partial charge in [0.05, 0.1) is 17.5 Å². The summed E-state index contributed by atoms with van der Waals surface area (Å²) in [5.74, 6) is -1.53. The van der Waals surface area contributed by atoms with E-state index in [0.29, 0.717) is 23.6 Å². The third kappa shape index (κ3) is 6.46. The van der Waals surface area contributed by atoms with E-state index in [-0.39, 0.29) is 42.0 Å². The van der Waals surface area contributed by atoms with Crippen LogP contribution in [0.25, 0.3) is 11.2 Å². The third-order valence-corrected chi connectivity index (χ3v) is 11.2. The van der Waals surface area contributed by atoms with Gasteiger partial charge in [-0.25, -0.2) is 19.9 Å². The lowest BCUT2D eigenvalue weighted by Crippen LogP contribution is -2.54. The molecule has 2 aromatic carbocycles. The van der Waals surface area contributed by atoms with Crippen LogP contribution in [0.4, 0.5) is 17.2 Å². The SMILES string of the molecule is Cc1cccc(C(=O)NC2CC(n3cnc4c(NCc5ccc(N6CCN(c7ccc8c(c7)C(=O)N([C@H]7CCC(=O)NC7=O)C8=O)CC6)cc5)ncnc43)C2)n1. The smallest absolute Gasteiger partial charge is 0.270 e.